The van der Waals surface area contributed by atoms with Gasteiger partial charge in [-0.2, -0.15) is 0 Å². The highest BCUT2D eigenvalue weighted by molar-refractivity contribution is 6.24. The van der Waals surface area contributed by atoms with Gasteiger partial charge in [-0.1, -0.05) is 48.0 Å². The summed E-state index contributed by atoms with van der Waals surface area (Å²) in [5, 5.41) is 10.6. The molecule has 2 aromatic rings. The van der Waals surface area contributed by atoms with Crippen molar-refractivity contribution in [2.45, 2.75) is 20.8 Å². The first kappa shape index (κ1) is 15.8. The lowest BCUT2D eigenvalue weighted by Crippen LogP contribution is -2.10. The minimum absolute atomic E-state index is 0.0671. The molecule has 0 aliphatic heterocycles. The zero-order chi connectivity index (χ0) is 16.3. The van der Waals surface area contributed by atoms with Crippen LogP contribution in [0.5, 0.6) is 0 Å². The van der Waals surface area contributed by atoms with Gasteiger partial charge >= 0.3 is 5.97 Å². The molecule has 0 heterocycles. The van der Waals surface area contributed by atoms with Crippen molar-refractivity contribution in [1.82, 2.24) is 0 Å². The van der Waals surface area contributed by atoms with Crippen LogP contribution >= 0.6 is 0 Å². The molecule has 0 fully saturated rings. The fourth-order valence-corrected chi connectivity index (χ4v) is 2.73. The van der Waals surface area contributed by atoms with Gasteiger partial charge in [-0.15, -0.1) is 0 Å². The van der Waals surface area contributed by atoms with Gasteiger partial charge < -0.3 is 9.84 Å². The molecule has 0 amide bonds. The lowest BCUT2D eigenvalue weighted by molar-refractivity contribution is -0.133. The molecule has 22 heavy (non-hydrogen) atoms. The molecule has 3 nitrogen and oxygen atoms in total. The summed E-state index contributed by atoms with van der Waals surface area (Å²) in [6.07, 6.45) is 0. The third kappa shape index (κ3) is 3.03. The van der Waals surface area contributed by atoms with Crippen molar-refractivity contribution in [1.29, 1.82) is 0 Å². The first-order chi connectivity index (χ1) is 10.5. The Morgan fingerprint density at radius 1 is 1.00 bits per heavy atom. The van der Waals surface area contributed by atoms with Crippen molar-refractivity contribution in [3.05, 3.63) is 70.3 Å². The normalized spacial score (nSPS) is 11.8. The zero-order valence-corrected chi connectivity index (χ0v) is 13.3. The Labute approximate surface area is 130 Å². The van der Waals surface area contributed by atoms with Gasteiger partial charge in [0.25, 0.3) is 0 Å². The fraction of sp³-hybridized carbons (Fsp3) is 0.211. The molecular weight excluding hydrogens is 276 g/mol. The van der Waals surface area contributed by atoms with Crippen molar-refractivity contribution in [2.24, 2.45) is 0 Å². The van der Waals surface area contributed by atoms with Gasteiger partial charge in [0.1, 0.15) is 11.3 Å². The molecule has 0 aliphatic carbocycles. The molecule has 0 unspecified atom stereocenters. The molecule has 114 valence electrons. The summed E-state index contributed by atoms with van der Waals surface area (Å²) in [5.74, 6) is -0.612. The first-order valence-electron chi connectivity index (χ1n) is 7.11. The molecule has 3 heteroatoms. The Bertz CT molecular complexity index is 705. The fourth-order valence-electron chi connectivity index (χ4n) is 2.73. The lowest BCUT2D eigenvalue weighted by Gasteiger charge is -2.15. The van der Waals surface area contributed by atoms with Crippen LogP contribution in [0.2, 0.25) is 0 Å². The summed E-state index contributed by atoms with van der Waals surface area (Å²) in [7, 11) is 1.32. The Hall–Kier alpha value is -2.55. The molecule has 0 atom stereocenters. The highest BCUT2D eigenvalue weighted by Crippen LogP contribution is 2.31. The van der Waals surface area contributed by atoms with Crippen LogP contribution in [-0.4, -0.2) is 18.2 Å². The lowest BCUT2D eigenvalue weighted by atomic mass is 9.91. The second kappa shape index (κ2) is 6.48. The smallest absolute Gasteiger partial charge is 0.342 e. The third-order valence-corrected chi connectivity index (χ3v) is 3.60. The second-order valence-corrected chi connectivity index (χ2v) is 5.35. The average molecular weight is 296 g/mol. The summed E-state index contributed by atoms with van der Waals surface area (Å²) < 4.78 is 4.89. The van der Waals surface area contributed by atoms with E-state index in [1.807, 2.05) is 51.1 Å². The number of aliphatic hydroxyl groups is 1. The number of ether oxygens (including phenoxy) is 1. The quantitative estimate of drug-likeness (QED) is 0.399. The highest BCUT2D eigenvalue weighted by Gasteiger charge is 2.23. The van der Waals surface area contributed by atoms with Crippen molar-refractivity contribution >= 4 is 17.3 Å². The average Bonchev–Trinajstić information content (AvgIpc) is 2.50. The number of aliphatic hydroxyl groups excluding tert-OH is 1. The zero-order valence-electron chi connectivity index (χ0n) is 13.3. The number of carbonyl (C=O) groups is 1. The minimum Gasteiger partial charge on any atom is -0.506 e. The molecule has 1 N–H and O–H groups in total. The molecule has 0 radical (unpaired) electrons. The standard InChI is InChI=1S/C19H20O3/c1-12-10-13(2)16(14(3)11-12)17(19(21)22-4)18(20)15-8-6-5-7-9-15/h5-11,20H,1-4H3/b18-17-. The SMILES string of the molecule is COC(=O)/C(=C(\O)c1ccccc1)c1c(C)cc(C)cc1C. The molecule has 0 saturated carbocycles. The van der Waals surface area contributed by atoms with E-state index in [1.54, 1.807) is 12.1 Å². The number of carbonyl (C=O) groups excluding carboxylic acids is 1. The molecular formula is C19H20O3. The summed E-state index contributed by atoms with van der Waals surface area (Å²) in [6.45, 7) is 5.86. The van der Waals surface area contributed by atoms with E-state index in [1.165, 1.54) is 7.11 Å². The van der Waals surface area contributed by atoms with Gasteiger partial charge in [0.05, 0.1) is 7.11 Å². The van der Waals surface area contributed by atoms with E-state index in [9.17, 15) is 9.90 Å². The van der Waals surface area contributed by atoms with Crippen LogP contribution < -0.4 is 0 Å². The maximum Gasteiger partial charge on any atom is 0.342 e. The van der Waals surface area contributed by atoms with Gasteiger partial charge in [0.15, 0.2) is 0 Å². The molecule has 0 spiro atoms. The van der Waals surface area contributed by atoms with Crippen LogP contribution in [0.3, 0.4) is 0 Å². The molecule has 0 saturated heterocycles. The van der Waals surface area contributed by atoms with Gasteiger partial charge in [0, 0.05) is 5.56 Å². The monoisotopic (exact) mass is 296 g/mol. The van der Waals surface area contributed by atoms with Crippen LogP contribution in [0.4, 0.5) is 0 Å². The summed E-state index contributed by atoms with van der Waals surface area (Å²) in [5.41, 5.74) is 4.48. The largest absolute Gasteiger partial charge is 0.506 e. The van der Waals surface area contributed by atoms with Crippen LogP contribution in [0.1, 0.15) is 27.8 Å². The molecule has 0 aromatic heterocycles. The van der Waals surface area contributed by atoms with Crippen molar-refractivity contribution in [2.75, 3.05) is 7.11 Å². The highest BCUT2D eigenvalue weighted by atomic mass is 16.5. The number of rotatable bonds is 3. The van der Waals surface area contributed by atoms with Crippen molar-refractivity contribution < 1.29 is 14.6 Å². The maximum absolute atomic E-state index is 12.3. The van der Waals surface area contributed by atoms with Crippen molar-refractivity contribution in [3.63, 3.8) is 0 Å². The van der Waals surface area contributed by atoms with Gasteiger partial charge in [-0.05, 0) is 37.5 Å². The van der Waals surface area contributed by atoms with E-state index in [4.69, 9.17) is 4.74 Å². The minimum atomic E-state index is -0.545. The number of hydrogen-bond donors (Lipinski definition) is 1. The molecule has 2 rings (SSSR count). The Kier molecular flexibility index (Phi) is 4.66. The summed E-state index contributed by atoms with van der Waals surface area (Å²) in [4.78, 5) is 12.3. The summed E-state index contributed by atoms with van der Waals surface area (Å²) in [6, 6.07) is 13.0. The number of methoxy groups -OCH3 is 1. The Morgan fingerprint density at radius 3 is 2.05 bits per heavy atom. The Morgan fingerprint density at radius 2 is 1.55 bits per heavy atom. The van der Waals surface area contributed by atoms with Crippen LogP contribution in [0, 0.1) is 20.8 Å². The van der Waals surface area contributed by atoms with Crippen LogP contribution in [0.25, 0.3) is 11.3 Å². The third-order valence-electron chi connectivity index (χ3n) is 3.60. The first-order valence-corrected chi connectivity index (χ1v) is 7.11. The number of aryl methyl sites for hydroxylation is 3. The number of hydrogen-bond acceptors (Lipinski definition) is 3. The summed E-state index contributed by atoms with van der Waals surface area (Å²) >= 11 is 0. The maximum atomic E-state index is 12.3. The Balaban J connectivity index is 2.75. The van der Waals surface area contributed by atoms with Crippen LogP contribution in [-0.2, 0) is 9.53 Å². The van der Waals surface area contributed by atoms with Gasteiger partial charge in [-0.3, -0.25) is 0 Å². The van der Waals surface area contributed by atoms with Gasteiger partial charge in [0.2, 0.25) is 0 Å². The van der Waals surface area contributed by atoms with E-state index in [-0.39, 0.29) is 11.3 Å². The van der Waals surface area contributed by atoms with E-state index in [2.05, 4.69) is 0 Å². The van der Waals surface area contributed by atoms with Crippen LogP contribution in [0.15, 0.2) is 42.5 Å². The molecule has 0 aliphatic rings. The van der Waals surface area contributed by atoms with E-state index >= 15 is 0 Å². The molecule has 0 bridgehead atoms. The van der Waals surface area contributed by atoms with Crippen molar-refractivity contribution in [3.8, 4) is 0 Å². The van der Waals surface area contributed by atoms with E-state index in [0.29, 0.717) is 5.56 Å². The molecule has 2 aromatic carbocycles. The second-order valence-electron chi connectivity index (χ2n) is 5.35. The predicted octanol–water partition coefficient (Wildman–Crippen LogP) is 4.21. The van der Waals surface area contributed by atoms with E-state index < -0.39 is 5.97 Å². The predicted molar refractivity (Wildman–Crippen MR) is 88.6 cm³/mol. The number of esters is 1. The number of benzene rings is 2. The topological polar surface area (TPSA) is 46.5 Å². The van der Waals surface area contributed by atoms with Gasteiger partial charge in [-0.25, -0.2) is 4.79 Å². The van der Waals surface area contributed by atoms with E-state index in [0.717, 1.165) is 22.3 Å².